The molecule has 2 aromatic rings. The summed E-state index contributed by atoms with van der Waals surface area (Å²) in [6.45, 7) is 7.55. The number of aryl methyl sites for hydroxylation is 1. The van der Waals surface area contributed by atoms with Crippen LogP contribution in [-0.2, 0) is 5.41 Å². The number of hydrogen-bond acceptors (Lipinski definition) is 4. The van der Waals surface area contributed by atoms with Crippen molar-refractivity contribution < 1.29 is 4.92 Å². The predicted octanol–water partition coefficient (Wildman–Crippen LogP) is 2.97. The maximum atomic E-state index is 11.3. The largest absolute Gasteiger partial charge is 0.378 e. The third-order valence-electron chi connectivity index (χ3n) is 3.13. The summed E-state index contributed by atoms with van der Waals surface area (Å²) >= 11 is 0. The van der Waals surface area contributed by atoms with Crippen LogP contribution >= 0.6 is 0 Å². The highest BCUT2D eigenvalue weighted by atomic mass is 16.6. The maximum absolute atomic E-state index is 11.3. The molecule has 0 aliphatic heterocycles. The monoisotopic (exact) mass is 274 g/mol. The van der Waals surface area contributed by atoms with E-state index in [-0.39, 0.29) is 11.5 Å². The Balaban J connectivity index is 2.75. The Bertz CT molecular complexity index is 668. The second-order valence-electron chi connectivity index (χ2n) is 5.79. The fourth-order valence-electron chi connectivity index (χ4n) is 2.09. The van der Waals surface area contributed by atoms with Gasteiger partial charge in [-0.1, -0.05) is 39.0 Å². The van der Waals surface area contributed by atoms with Gasteiger partial charge in [-0.15, -0.1) is 0 Å². The quantitative estimate of drug-likeness (QED) is 0.673. The third-order valence-corrected chi connectivity index (χ3v) is 3.13. The predicted molar refractivity (Wildman–Crippen MR) is 78.1 cm³/mol. The molecule has 0 spiro atoms. The van der Waals surface area contributed by atoms with E-state index in [9.17, 15) is 10.1 Å². The highest BCUT2D eigenvalue weighted by Crippen LogP contribution is 2.36. The number of hydrogen-bond donors (Lipinski definition) is 1. The molecule has 0 amide bonds. The van der Waals surface area contributed by atoms with Crippen molar-refractivity contribution in [2.45, 2.75) is 33.1 Å². The normalized spacial score (nSPS) is 11.6. The summed E-state index contributed by atoms with van der Waals surface area (Å²) in [6, 6.07) is 7.51. The fraction of sp³-hybridized carbons (Fsp3) is 0.357. The van der Waals surface area contributed by atoms with Gasteiger partial charge < -0.3 is 5.73 Å². The Morgan fingerprint density at radius 1 is 1.30 bits per heavy atom. The van der Waals surface area contributed by atoms with Gasteiger partial charge >= 0.3 is 5.69 Å². The maximum Gasteiger partial charge on any atom is 0.334 e. The van der Waals surface area contributed by atoms with E-state index in [4.69, 9.17) is 5.73 Å². The zero-order valence-corrected chi connectivity index (χ0v) is 12.0. The molecule has 2 rings (SSSR count). The number of aromatic nitrogens is 2. The van der Waals surface area contributed by atoms with Crippen molar-refractivity contribution in [2.24, 2.45) is 0 Å². The van der Waals surface area contributed by atoms with Crippen molar-refractivity contribution in [1.29, 1.82) is 0 Å². The summed E-state index contributed by atoms with van der Waals surface area (Å²) in [7, 11) is 0. The molecule has 1 aromatic carbocycles. The van der Waals surface area contributed by atoms with Gasteiger partial charge in [0, 0.05) is 5.41 Å². The number of para-hydroxylation sites is 1. The van der Waals surface area contributed by atoms with Gasteiger partial charge in [-0.2, -0.15) is 5.10 Å². The molecule has 0 aliphatic carbocycles. The van der Waals surface area contributed by atoms with Gasteiger partial charge in [0.25, 0.3) is 0 Å². The first-order valence-electron chi connectivity index (χ1n) is 6.33. The zero-order valence-electron chi connectivity index (χ0n) is 12.0. The van der Waals surface area contributed by atoms with E-state index in [0.717, 1.165) is 11.3 Å². The van der Waals surface area contributed by atoms with Gasteiger partial charge in [0.15, 0.2) is 0 Å². The summed E-state index contributed by atoms with van der Waals surface area (Å²) in [6.07, 6.45) is 0. The van der Waals surface area contributed by atoms with Crippen LogP contribution in [0, 0.1) is 17.0 Å². The summed E-state index contributed by atoms with van der Waals surface area (Å²) in [5.41, 5.74) is 7.50. The Kier molecular flexibility index (Phi) is 3.25. The first-order chi connectivity index (χ1) is 9.23. The molecule has 2 N–H and O–H groups in total. The fourth-order valence-corrected chi connectivity index (χ4v) is 2.09. The minimum absolute atomic E-state index is 0.0641. The van der Waals surface area contributed by atoms with Gasteiger partial charge in [-0.3, -0.25) is 10.1 Å². The standard InChI is InChI=1S/C14H18N4O2/c1-9-7-5-6-8-10(9)17-13(15)11(18(19)20)12(16-17)14(2,3)4/h5-8H,15H2,1-4H3. The average Bonchev–Trinajstić information content (AvgIpc) is 2.67. The molecule has 6 heteroatoms. The summed E-state index contributed by atoms with van der Waals surface area (Å²) in [5.74, 6) is 0.0641. The molecule has 0 aliphatic rings. The molecule has 0 bridgehead atoms. The van der Waals surface area contributed by atoms with Gasteiger partial charge in [0.2, 0.25) is 5.82 Å². The lowest BCUT2D eigenvalue weighted by molar-refractivity contribution is -0.385. The second-order valence-corrected chi connectivity index (χ2v) is 5.79. The van der Waals surface area contributed by atoms with Gasteiger partial charge in [0.05, 0.1) is 10.6 Å². The second kappa shape index (κ2) is 4.63. The van der Waals surface area contributed by atoms with Crippen LogP contribution in [-0.4, -0.2) is 14.7 Å². The van der Waals surface area contributed by atoms with E-state index in [2.05, 4.69) is 5.10 Å². The lowest BCUT2D eigenvalue weighted by atomic mass is 9.91. The molecule has 1 heterocycles. The highest BCUT2D eigenvalue weighted by Gasteiger charge is 2.34. The van der Waals surface area contributed by atoms with Crippen LogP contribution in [0.4, 0.5) is 11.5 Å². The van der Waals surface area contributed by atoms with Crippen LogP contribution in [0.2, 0.25) is 0 Å². The molecule has 106 valence electrons. The molecule has 0 radical (unpaired) electrons. The van der Waals surface area contributed by atoms with E-state index in [1.165, 1.54) is 4.68 Å². The van der Waals surface area contributed by atoms with Crippen LogP contribution in [0.5, 0.6) is 0 Å². The number of nitrogen functional groups attached to an aromatic ring is 1. The summed E-state index contributed by atoms with van der Waals surface area (Å²) in [5, 5.41) is 15.7. The molecular formula is C14H18N4O2. The Morgan fingerprint density at radius 3 is 2.35 bits per heavy atom. The number of nitro groups is 1. The molecule has 0 saturated carbocycles. The van der Waals surface area contributed by atoms with E-state index in [1.807, 2.05) is 52.0 Å². The molecule has 6 nitrogen and oxygen atoms in total. The van der Waals surface area contributed by atoms with E-state index < -0.39 is 10.3 Å². The Morgan fingerprint density at radius 2 is 1.90 bits per heavy atom. The van der Waals surface area contributed by atoms with Crippen LogP contribution in [0.1, 0.15) is 32.0 Å². The lowest BCUT2D eigenvalue weighted by Crippen LogP contribution is -2.14. The van der Waals surface area contributed by atoms with E-state index in [1.54, 1.807) is 0 Å². The van der Waals surface area contributed by atoms with Crippen molar-refractivity contribution >= 4 is 11.5 Å². The number of nitrogens with two attached hydrogens (primary N) is 1. The first-order valence-corrected chi connectivity index (χ1v) is 6.33. The molecule has 0 unspecified atom stereocenters. The lowest BCUT2D eigenvalue weighted by Gasteiger charge is -2.13. The minimum Gasteiger partial charge on any atom is -0.378 e. The summed E-state index contributed by atoms with van der Waals surface area (Å²) < 4.78 is 1.45. The van der Waals surface area contributed by atoms with Gasteiger partial charge in [-0.25, -0.2) is 4.68 Å². The average molecular weight is 274 g/mol. The SMILES string of the molecule is Cc1ccccc1-n1nc(C(C)(C)C)c([N+](=O)[O-])c1N. The number of benzene rings is 1. The molecule has 0 atom stereocenters. The Labute approximate surface area is 117 Å². The molecule has 1 aromatic heterocycles. The van der Waals surface area contributed by atoms with Crippen LogP contribution < -0.4 is 5.73 Å². The van der Waals surface area contributed by atoms with Crippen LogP contribution in [0.3, 0.4) is 0 Å². The van der Waals surface area contributed by atoms with Crippen molar-refractivity contribution in [2.75, 3.05) is 5.73 Å². The van der Waals surface area contributed by atoms with Crippen molar-refractivity contribution in [1.82, 2.24) is 9.78 Å². The summed E-state index contributed by atoms with van der Waals surface area (Å²) in [4.78, 5) is 10.8. The van der Waals surface area contributed by atoms with Crippen molar-refractivity contribution in [3.05, 3.63) is 45.6 Å². The number of nitrogens with zero attached hydrogens (tertiary/aromatic N) is 3. The Hall–Kier alpha value is -2.37. The third kappa shape index (κ3) is 2.24. The molecule has 20 heavy (non-hydrogen) atoms. The van der Waals surface area contributed by atoms with Crippen molar-refractivity contribution in [3.63, 3.8) is 0 Å². The zero-order chi connectivity index (χ0) is 15.1. The van der Waals surface area contributed by atoms with E-state index in [0.29, 0.717) is 5.69 Å². The smallest absolute Gasteiger partial charge is 0.334 e. The van der Waals surface area contributed by atoms with Gasteiger partial charge in [-0.05, 0) is 18.6 Å². The van der Waals surface area contributed by atoms with Crippen LogP contribution in [0.15, 0.2) is 24.3 Å². The van der Waals surface area contributed by atoms with Crippen LogP contribution in [0.25, 0.3) is 5.69 Å². The number of rotatable bonds is 2. The number of anilines is 1. The molecule has 0 fully saturated rings. The van der Waals surface area contributed by atoms with Gasteiger partial charge in [0.1, 0.15) is 5.69 Å². The molecule has 0 saturated heterocycles. The topological polar surface area (TPSA) is 87.0 Å². The minimum atomic E-state index is -0.461. The van der Waals surface area contributed by atoms with E-state index >= 15 is 0 Å². The molecular weight excluding hydrogens is 256 g/mol. The first kappa shape index (κ1) is 14.0. The highest BCUT2D eigenvalue weighted by molar-refractivity contribution is 5.62. The van der Waals surface area contributed by atoms with Crippen molar-refractivity contribution in [3.8, 4) is 5.69 Å².